The highest BCUT2D eigenvalue weighted by molar-refractivity contribution is 6.11. The highest BCUT2D eigenvalue weighted by atomic mass is 15.1. The average molecular weight is 167 g/mol. The molecule has 0 aromatic carbocycles. The second kappa shape index (κ2) is 6.53. The van der Waals surface area contributed by atoms with Crippen molar-refractivity contribution in [2.24, 2.45) is 0 Å². The Morgan fingerprint density at radius 1 is 1.33 bits per heavy atom. The van der Waals surface area contributed by atoms with Crippen LogP contribution in [0.5, 0.6) is 0 Å². The Balaban J connectivity index is 0.000000561. The molecule has 0 bridgehead atoms. The van der Waals surface area contributed by atoms with E-state index in [1.165, 1.54) is 19.4 Å². The molecule has 12 heavy (non-hydrogen) atoms. The zero-order valence-electron chi connectivity index (χ0n) is 9.01. The van der Waals surface area contributed by atoms with Gasteiger partial charge < -0.3 is 4.90 Å². The molecule has 0 N–H and O–H groups in total. The molecular formula is C10H22BN. The number of nitrogens with zero attached hydrogens (tertiary/aromatic N) is 1. The van der Waals surface area contributed by atoms with Gasteiger partial charge in [-0.15, -0.1) is 0 Å². The van der Waals surface area contributed by atoms with Crippen LogP contribution < -0.4 is 0 Å². The molecule has 0 amide bonds. The highest BCUT2D eigenvalue weighted by Crippen LogP contribution is 2.19. The predicted molar refractivity (Wildman–Crippen MR) is 56.8 cm³/mol. The van der Waals surface area contributed by atoms with Crippen molar-refractivity contribution in [2.45, 2.75) is 52.4 Å². The lowest BCUT2D eigenvalue weighted by atomic mass is 9.80. The Bertz CT molecular complexity index is 104. The molecule has 2 heteroatoms. The molecule has 1 fully saturated rings. The fourth-order valence-corrected chi connectivity index (χ4v) is 1.51. The van der Waals surface area contributed by atoms with Gasteiger partial charge in [0.2, 0.25) is 0 Å². The maximum Gasteiger partial charge on any atom is 0.0716 e. The minimum atomic E-state index is 0.427. The summed E-state index contributed by atoms with van der Waals surface area (Å²) in [5, 5.41) is 0. The van der Waals surface area contributed by atoms with Crippen molar-refractivity contribution in [3.63, 3.8) is 0 Å². The van der Waals surface area contributed by atoms with Gasteiger partial charge in [-0.25, -0.2) is 0 Å². The molecule has 1 aliphatic heterocycles. The van der Waals surface area contributed by atoms with Crippen LogP contribution in [0.4, 0.5) is 0 Å². The van der Waals surface area contributed by atoms with Gasteiger partial charge in [-0.1, -0.05) is 26.1 Å². The molecule has 1 saturated heterocycles. The maximum absolute atomic E-state index is 5.82. The fraction of sp³-hybridized carbons (Fsp3) is 1.00. The summed E-state index contributed by atoms with van der Waals surface area (Å²) in [5.41, 5.74) is 0. The SMILES string of the molecule is CC.[B]C1CCCN(C(C)C)C1. The zero-order chi connectivity index (χ0) is 9.56. The molecule has 1 heterocycles. The van der Waals surface area contributed by atoms with Crippen LogP contribution >= 0.6 is 0 Å². The summed E-state index contributed by atoms with van der Waals surface area (Å²) < 4.78 is 0. The molecule has 1 atom stereocenters. The van der Waals surface area contributed by atoms with Gasteiger partial charge in [-0.3, -0.25) is 0 Å². The third-order valence-corrected chi connectivity index (χ3v) is 2.22. The van der Waals surface area contributed by atoms with Gasteiger partial charge >= 0.3 is 0 Å². The van der Waals surface area contributed by atoms with E-state index in [0.717, 1.165) is 6.54 Å². The average Bonchev–Trinajstić information content (AvgIpc) is 2.08. The molecule has 0 aromatic heterocycles. The van der Waals surface area contributed by atoms with Crippen molar-refractivity contribution in [3.05, 3.63) is 0 Å². The van der Waals surface area contributed by atoms with Crippen LogP contribution in [0.3, 0.4) is 0 Å². The highest BCUT2D eigenvalue weighted by Gasteiger charge is 2.17. The first-order valence-electron chi connectivity index (χ1n) is 5.20. The summed E-state index contributed by atoms with van der Waals surface area (Å²) in [6.07, 6.45) is 2.49. The number of rotatable bonds is 1. The first-order chi connectivity index (χ1) is 5.70. The van der Waals surface area contributed by atoms with Gasteiger partial charge in [0.15, 0.2) is 0 Å². The lowest BCUT2D eigenvalue weighted by Crippen LogP contribution is -2.38. The number of hydrogen-bond donors (Lipinski definition) is 0. The van der Waals surface area contributed by atoms with Crippen molar-refractivity contribution in [2.75, 3.05) is 13.1 Å². The van der Waals surface area contributed by atoms with E-state index in [1.54, 1.807) is 0 Å². The van der Waals surface area contributed by atoms with Gasteiger partial charge in [0, 0.05) is 6.04 Å². The first kappa shape index (κ1) is 12.0. The van der Waals surface area contributed by atoms with Crippen LogP contribution in [0, 0.1) is 0 Å². The number of likely N-dealkylation sites (tertiary alicyclic amines) is 1. The molecule has 2 radical (unpaired) electrons. The van der Waals surface area contributed by atoms with Gasteiger partial charge in [-0.2, -0.15) is 0 Å². The van der Waals surface area contributed by atoms with Gasteiger partial charge in [0.05, 0.1) is 7.85 Å². The number of piperidine rings is 1. The molecule has 1 aliphatic rings. The molecule has 70 valence electrons. The van der Waals surface area contributed by atoms with Crippen LogP contribution in [0.25, 0.3) is 0 Å². The van der Waals surface area contributed by atoms with Crippen LogP contribution in [-0.2, 0) is 0 Å². The van der Waals surface area contributed by atoms with Crippen molar-refractivity contribution in [3.8, 4) is 0 Å². The van der Waals surface area contributed by atoms with E-state index < -0.39 is 0 Å². The second-order valence-electron chi connectivity index (χ2n) is 3.49. The Morgan fingerprint density at radius 3 is 2.25 bits per heavy atom. The van der Waals surface area contributed by atoms with E-state index >= 15 is 0 Å². The molecule has 0 spiro atoms. The largest absolute Gasteiger partial charge is 0.301 e. The third kappa shape index (κ3) is 4.15. The first-order valence-corrected chi connectivity index (χ1v) is 5.20. The van der Waals surface area contributed by atoms with E-state index in [4.69, 9.17) is 7.85 Å². The van der Waals surface area contributed by atoms with Crippen LogP contribution in [0.1, 0.15) is 40.5 Å². The lowest BCUT2D eigenvalue weighted by molar-refractivity contribution is 0.185. The molecule has 0 saturated carbocycles. The van der Waals surface area contributed by atoms with E-state index in [9.17, 15) is 0 Å². The molecule has 1 rings (SSSR count). The molecule has 1 unspecified atom stereocenters. The topological polar surface area (TPSA) is 3.24 Å². The van der Waals surface area contributed by atoms with Crippen molar-refractivity contribution in [1.82, 2.24) is 4.90 Å². The zero-order valence-corrected chi connectivity index (χ0v) is 9.01. The Morgan fingerprint density at radius 2 is 1.92 bits per heavy atom. The van der Waals surface area contributed by atoms with E-state index in [0.29, 0.717) is 11.9 Å². The summed E-state index contributed by atoms with van der Waals surface area (Å²) in [6.45, 7) is 10.8. The lowest BCUT2D eigenvalue weighted by Gasteiger charge is -2.34. The molecule has 0 aromatic rings. The summed E-state index contributed by atoms with van der Waals surface area (Å²) in [6, 6.07) is 0.673. The maximum atomic E-state index is 5.82. The normalized spacial score (nSPS) is 24.9. The van der Waals surface area contributed by atoms with Gasteiger partial charge in [-0.05, 0) is 33.4 Å². The monoisotopic (exact) mass is 167 g/mol. The quantitative estimate of drug-likeness (QED) is 0.542. The Labute approximate surface area is 78.9 Å². The Kier molecular flexibility index (Phi) is 6.54. The van der Waals surface area contributed by atoms with Gasteiger partial charge in [0.25, 0.3) is 0 Å². The summed E-state index contributed by atoms with van der Waals surface area (Å²) in [4.78, 5) is 2.45. The molecule has 0 aliphatic carbocycles. The van der Waals surface area contributed by atoms with Crippen LogP contribution in [0.15, 0.2) is 0 Å². The molecule has 1 nitrogen and oxygen atoms in total. The van der Waals surface area contributed by atoms with E-state index in [1.807, 2.05) is 13.8 Å². The summed E-state index contributed by atoms with van der Waals surface area (Å²) in [7, 11) is 5.82. The van der Waals surface area contributed by atoms with Crippen LogP contribution in [-0.4, -0.2) is 31.9 Å². The minimum Gasteiger partial charge on any atom is -0.301 e. The Hall–Kier alpha value is 0.0249. The number of hydrogen-bond acceptors (Lipinski definition) is 1. The standard InChI is InChI=1S/C8H16BN.C2H6/c1-7(2)10-5-3-4-8(9)6-10;1-2/h7-8H,3-6H2,1-2H3;1-2H3. The van der Waals surface area contributed by atoms with E-state index in [-0.39, 0.29) is 0 Å². The smallest absolute Gasteiger partial charge is 0.0716 e. The summed E-state index contributed by atoms with van der Waals surface area (Å²) >= 11 is 0. The van der Waals surface area contributed by atoms with Gasteiger partial charge in [0.1, 0.15) is 0 Å². The minimum absolute atomic E-state index is 0.427. The van der Waals surface area contributed by atoms with Crippen molar-refractivity contribution < 1.29 is 0 Å². The summed E-state index contributed by atoms with van der Waals surface area (Å²) in [5.74, 6) is 0.427. The third-order valence-electron chi connectivity index (χ3n) is 2.22. The van der Waals surface area contributed by atoms with Crippen molar-refractivity contribution in [1.29, 1.82) is 0 Å². The van der Waals surface area contributed by atoms with Crippen LogP contribution in [0.2, 0.25) is 5.82 Å². The molecular weight excluding hydrogens is 145 g/mol. The van der Waals surface area contributed by atoms with Crippen molar-refractivity contribution >= 4 is 7.85 Å². The van der Waals surface area contributed by atoms with E-state index in [2.05, 4.69) is 18.7 Å². The predicted octanol–water partition coefficient (Wildman–Crippen LogP) is 2.47. The second-order valence-corrected chi connectivity index (χ2v) is 3.49. The fourth-order valence-electron chi connectivity index (χ4n) is 1.51.